The molecule has 90 valence electrons. The van der Waals surface area contributed by atoms with Crippen molar-refractivity contribution < 1.29 is 14.5 Å². The van der Waals surface area contributed by atoms with E-state index >= 15 is 0 Å². The minimum absolute atomic E-state index is 0.107. The molecule has 0 saturated heterocycles. The Morgan fingerprint density at radius 1 is 1.12 bits per heavy atom. The monoisotopic (exact) mass is 232 g/mol. The van der Waals surface area contributed by atoms with E-state index in [0.29, 0.717) is 0 Å². The number of hydrogen-bond acceptors (Lipinski definition) is 3. The second kappa shape index (κ2) is 3.42. The molecule has 0 spiro atoms. The molecule has 4 rings (SSSR count). The maximum absolute atomic E-state index is 5.63. The normalized spacial score (nSPS) is 35.7. The molecule has 3 heteroatoms. The predicted octanol–water partition coefficient (Wildman–Crippen LogP) is 2.66. The summed E-state index contributed by atoms with van der Waals surface area (Å²) in [7, 11) is 1.68. The average Bonchev–Trinajstić information content (AvgIpc) is 2.39. The average molecular weight is 232 g/mol. The first kappa shape index (κ1) is 11.0. The number of benzene rings is 1. The Morgan fingerprint density at radius 3 is 2.41 bits per heavy atom. The molecular formula is C14H16O3. The van der Waals surface area contributed by atoms with Crippen LogP contribution in [0.2, 0.25) is 0 Å². The summed E-state index contributed by atoms with van der Waals surface area (Å²) in [6.45, 7) is 3.99. The van der Waals surface area contributed by atoms with Crippen LogP contribution in [0.3, 0.4) is 0 Å². The third kappa shape index (κ3) is 1.27. The number of ether oxygens (including phenoxy) is 1. The van der Waals surface area contributed by atoms with E-state index < -0.39 is 11.2 Å². The largest absolute Gasteiger partial charge is 0.378 e. The van der Waals surface area contributed by atoms with Crippen LogP contribution in [0.1, 0.15) is 25.0 Å². The first-order valence-corrected chi connectivity index (χ1v) is 5.82. The molecule has 0 fully saturated rings. The summed E-state index contributed by atoms with van der Waals surface area (Å²) in [5, 5.41) is 0. The summed E-state index contributed by atoms with van der Waals surface area (Å²) in [5.41, 5.74) is 1.18. The zero-order valence-corrected chi connectivity index (χ0v) is 10.3. The fourth-order valence-corrected chi connectivity index (χ4v) is 2.62. The van der Waals surface area contributed by atoms with Crippen molar-refractivity contribution in [3.05, 3.63) is 47.5 Å². The van der Waals surface area contributed by atoms with Crippen LogP contribution >= 0.6 is 0 Å². The van der Waals surface area contributed by atoms with Crippen LogP contribution in [0.4, 0.5) is 0 Å². The molecule has 0 amide bonds. The fourth-order valence-electron chi connectivity index (χ4n) is 2.62. The van der Waals surface area contributed by atoms with Gasteiger partial charge in [0.1, 0.15) is 5.60 Å². The third-order valence-electron chi connectivity index (χ3n) is 3.84. The van der Waals surface area contributed by atoms with Crippen molar-refractivity contribution >= 4 is 0 Å². The molecule has 2 aliphatic heterocycles. The van der Waals surface area contributed by atoms with Gasteiger partial charge in [-0.25, -0.2) is 9.78 Å². The van der Waals surface area contributed by atoms with Gasteiger partial charge in [0.25, 0.3) is 0 Å². The molecule has 2 bridgehead atoms. The van der Waals surface area contributed by atoms with Gasteiger partial charge < -0.3 is 4.74 Å². The quantitative estimate of drug-likeness (QED) is 0.579. The van der Waals surface area contributed by atoms with E-state index in [1.54, 1.807) is 7.11 Å². The Balaban J connectivity index is 2.23. The highest BCUT2D eigenvalue weighted by Crippen LogP contribution is 2.50. The van der Waals surface area contributed by atoms with Crippen molar-refractivity contribution in [3.63, 3.8) is 0 Å². The Morgan fingerprint density at radius 2 is 1.82 bits per heavy atom. The van der Waals surface area contributed by atoms with Crippen molar-refractivity contribution in [3.8, 4) is 0 Å². The van der Waals surface area contributed by atoms with Gasteiger partial charge in [0, 0.05) is 12.7 Å². The van der Waals surface area contributed by atoms with Gasteiger partial charge >= 0.3 is 0 Å². The van der Waals surface area contributed by atoms with Gasteiger partial charge in [-0.1, -0.05) is 24.3 Å². The van der Waals surface area contributed by atoms with Crippen LogP contribution in [-0.4, -0.2) is 13.2 Å². The molecule has 1 aromatic rings. The van der Waals surface area contributed by atoms with Crippen molar-refractivity contribution in [2.75, 3.05) is 7.11 Å². The van der Waals surface area contributed by atoms with Gasteiger partial charge in [-0.05, 0) is 31.6 Å². The minimum Gasteiger partial charge on any atom is -0.378 e. The van der Waals surface area contributed by atoms with Gasteiger partial charge in [0.15, 0.2) is 5.60 Å². The molecule has 3 nitrogen and oxygen atoms in total. The fraction of sp³-hybridized carbons (Fsp3) is 0.429. The summed E-state index contributed by atoms with van der Waals surface area (Å²) >= 11 is 0. The molecule has 0 saturated carbocycles. The van der Waals surface area contributed by atoms with E-state index in [1.807, 2.05) is 38.1 Å². The topological polar surface area (TPSA) is 27.7 Å². The van der Waals surface area contributed by atoms with E-state index in [1.165, 1.54) is 0 Å². The molecular weight excluding hydrogens is 216 g/mol. The van der Waals surface area contributed by atoms with Crippen molar-refractivity contribution in [2.45, 2.75) is 31.2 Å². The third-order valence-corrected chi connectivity index (χ3v) is 3.84. The highest BCUT2D eigenvalue weighted by atomic mass is 17.2. The van der Waals surface area contributed by atoms with E-state index in [2.05, 4.69) is 12.1 Å². The number of methoxy groups -OCH3 is 1. The van der Waals surface area contributed by atoms with E-state index in [-0.39, 0.29) is 6.10 Å². The summed E-state index contributed by atoms with van der Waals surface area (Å²) in [5.74, 6) is 0. The Bertz CT molecular complexity index is 482. The van der Waals surface area contributed by atoms with Crippen molar-refractivity contribution in [2.24, 2.45) is 0 Å². The first-order valence-electron chi connectivity index (χ1n) is 5.82. The highest BCUT2D eigenvalue weighted by molar-refractivity contribution is 5.47. The molecule has 17 heavy (non-hydrogen) atoms. The second-order valence-electron chi connectivity index (χ2n) is 4.82. The van der Waals surface area contributed by atoms with Crippen molar-refractivity contribution in [1.29, 1.82) is 0 Å². The lowest BCUT2D eigenvalue weighted by Crippen LogP contribution is -2.51. The maximum atomic E-state index is 5.63. The lowest BCUT2D eigenvalue weighted by atomic mass is 9.74. The Hall–Kier alpha value is -1.16. The summed E-state index contributed by atoms with van der Waals surface area (Å²) in [4.78, 5) is 11.2. The molecule has 1 aromatic carbocycles. The zero-order valence-electron chi connectivity index (χ0n) is 10.3. The van der Waals surface area contributed by atoms with Crippen LogP contribution in [0.5, 0.6) is 0 Å². The molecule has 0 radical (unpaired) electrons. The molecule has 2 heterocycles. The maximum Gasteiger partial charge on any atom is 0.173 e. The summed E-state index contributed by atoms with van der Waals surface area (Å²) in [6, 6.07) is 8.20. The van der Waals surface area contributed by atoms with Crippen LogP contribution < -0.4 is 0 Å². The number of rotatable bonds is 2. The van der Waals surface area contributed by atoms with Crippen LogP contribution in [-0.2, 0) is 25.7 Å². The van der Waals surface area contributed by atoms with E-state index in [0.717, 1.165) is 11.1 Å². The summed E-state index contributed by atoms with van der Waals surface area (Å²) < 4.78 is 5.44. The Labute approximate surface area is 101 Å². The molecule has 0 unspecified atom stereocenters. The first-order chi connectivity index (χ1) is 8.12. The van der Waals surface area contributed by atoms with Gasteiger partial charge in [-0.3, -0.25) is 0 Å². The van der Waals surface area contributed by atoms with Gasteiger partial charge in [-0.15, -0.1) is 0 Å². The van der Waals surface area contributed by atoms with Crippen molar-refractivity contribution in [1.82, 2.24) is 0 Å². The van der Waals surface area contributed by atoms with Crippen LogP contribution in [0, 0.1) is 0 Å². The zero-order chi connectivity index (χ0) is 12.1. The molecule has 3 aliphatic rings. The van der Waals surface area contributed by atoms with E-state index in [4.69, 9.17) is 14.5 Å². The molecule has 3 atom stereocenters. The predicted molar refractivity (Wildman–Crippen MR) is 63.3 cm³/mol. The van der Waals surface area contributed by atoms with Crippen LogP contribution in [0.25, 0.3) is 0 Å². The van der Waals surface area contributed by atoms with Gasteiger partial charge in [0.05, 0.1) is 6.10 Å². The van der Waals surface area contributed by atoms with Crippen LogP contribution in [0.15, 0.2) is 36.4 Å². The smallest absolute Gasteiger partial charge is 0.173 e. The number of fused-ring (bicyclic) bond motifs is 1. The lowest BCUT2D eigenvalue weighted by Gasteiger charge is -2.48. The van der Waals surface area contributed by atoms with E-state index in [9.17, 15) is 0 Å². The highest BCUT2D eigenvalue weighted by Gasteiger charge is 2.52. The molecule has 1 aliphatic carbocycles. The SMILES string of the molecule is CO[C@H](C)[C@@]12C=C[C@@](C)(OO1)c1ccccc12. The minimum atomic E-state index is -0.622. The molecule has 0 N–H and O–H groups in total. The van der Waals surface area contributed by atoms with Gasteiger partial charge in [-0.2, -0.15) is 0 Å². The van der Waals surface area contributed by atoms with Gasteiger partial charge in [0.2, 0.25) is 0 Å². The summed E-state index contributed by atoms with van der Waals surface area (Å²) in [6.07, 6.45) is 3.99. The standard InChI is InChI=1S/C14H16O3/c1-10(15-3)14-9-8-13(2,16-17-14)11-6-4-5-7-12(11)14/h4-10H,1-3H3/t10-,13-,14-/m1/s1. The number of hydrogen-bond donors (Lipinski definition) is 0. The molecule has 0 aromatic heterocycles. The Kier molecular flexibility index (Phi) is 2.20. The second-order valence-corrected chi connectivity index (χ2v) is 4.82. The lowest BCUT2D eigenvalue weighted by molar-refractivity contribution is -0.431.